The van der Waals surface area contributed by atoms with Gasteiger partial charge in [-0.05, 0) is 33.6 Å². The lowest BCUT2D eigenvalue weighted by Crippen LogP contribution is -2.38. The number of fused-ring (bicyclic) bond motifs is 5. The highest BCUT2D eigenvalue weighted by molar-refractivity contribution is 5.92. The average molecular weight is 573 g/mol. The molecule has 0 radical (unpaired) electrons. The summed E-state index contributed by atoms with van der Waals surface area (Å²) in [6, 6.07) is 0. The molecule has 0 aromatic rings. The van der Waals surface area contributed by atoms with E-state index < -0.39 is 12.1 Å². The van der Waals surface area contributed by atoms with Crippen LogP contribution in [0.15, 0.2) is 61.1 Å². The van der Waals surface area contributed by atoms with Crippen LogP contribution in [0.2, 0.25) is 0 Å². The molecular formula is C31H40O10. The fourth-order valence-electron chi connectivity index (χ4n) is 5.11. The van der Waals surface area contributed by atoms with Crippen molar-refractivity contribution in [3.8, 4) is 0 Å². The van der Waals surface area contributed by atoms with Crippen LogP contribution in [0, 0.1) is 11.8 Å². The highest BCUT2D eigenvalue weighted by Gasteiger charge is 2.59. The van der Waals surface area contributed by atoms with Gasteiger partial charge in [0.2, 0.25) is 0 Å². The summed E-state index contributed by atoms with van der Waals surface area (Å²) in [5, 5.41) is 0. The molecule has 4 saturated heterocycles. The molecule has 0 N–H and O–H groups in total. The number of Topliss-reactive ketones (excluding diaryl/α,β-unsaturated/α-hetero) is 1. The largest absolute Gasteiger partial charge is 0.498 e. The Hall–Kier alpha value is -3.66. The van der Waals surface area contributed by atoms with Gasteiger partial charge in [0.15, 0.2) is 11.9 Å². The Balaban J connectivity index is 0.000000174. The summed E-state index contributed by atoms with van der Waals surface area (Å²) < 4.78 is 31.7. The summed E-state index contributed by atoms with van der Waals surface area (Å²) in [4.78, 5) is 44.5. The zero-order valence-corrected chi connectivity index (χ0v) is 24.1. The number of carbonyl (C=O) groups is 4. The first-order valence-electron chi connectivity index (χ1n) is 13.7. The number of hydrogen-bond acceptors (Lipinski definition) is 10. The van der Waals surface area contributed by atoms with E-state index in [0.717, 1.165) is 18.6 Å². The summed E-state index contributed by atoms with van der Waals surface area (Å²) in [5.41, 5.74) is 1.17. The minimum atomic E-state index is -0.505. The van der Waals surface area contributed by atoms with Crippen molar-refractivity contribution >= 4 is 23.7 Å². The molecule has 1 aliphatic carbocycles. The highest BCUT2D eigenvalue weighted by atomic mass is 16.6. The summed E-state index contributed by atoms with van der Waals surface area (Å²) in [5.74, 6) is 0.905. The number of rotatable bonds is 6. The van der Waals surface area contributed by atoms with E-state index in [1.54, 1.807) is 20.8 Å². The van der Waals surface area contributed by atoms with Crippen molar-refractivity contribution < 1.29 is 47.6 Å². The van der Waals surface area contributed by atoms with Crippen LogP contribution in [0.1, 0.15) is 52.9 Å². The van der Waals surface area contributed by atoms with E-state index in [2.05, 4.69) is 32.9 Å². The Labute approximate surface area is 241 Å². The molecule has 7 unspecified atom stereocenters. The van der Waals surface area contributed by atoms with Gasteiger partial charge in [-0.2, -0.15) is 0 Å². The zero-order valence-electron chi connectivity index (χ0n) is 24.1. The molecule has 7 atom stereocenters. The monoisotopic (exact) mass is 572 g/mol. The summed E-state index contributed by atoms with van der Waals surface area (Å²) in [6.07, 6.45) is 2.59. The molecule has 0 aromatic carbocycles. The molecule has 0 spiro atoms. The molecule has 5 rings (SSSR count). The average Bonchev–Trinajstić information content (AvgIpc) is 3.72. The number of carbonyl (C=O) groups excluding carboxylic acids is 4. The van der Waals surface area contributed by atoms with Gasteiger partial charge in [-0.1, -0.05) is 32.9 Å². The zero-order chi connectivity index (χ0) is 30.4. The first kappa shape index (κ1) is 31.9. The molecule has 10 heteroatoms. The van der Waals surface area contributed by atoms with E-state index in [9.17, 15) is 19.2 Å². The van der Waals surface area contributed by atoms with Crippen molar-refractivity contribution in [2.24, 2.45) is 11.8 Å². The van der Waals surface area contributed by atoms with Crippen molar-refractivity contribution in [2.75, 3.05) is 13.2 Å². The second kappa shape index (κ2) is 13.8. The van der Waals surface area contributed by atoms with Gasteiger partial charge in [-0.15, -0.1) is 0 Å². The lowest BCUT2D eigenvalue weighted by molar-refractivity contribution is -0.149. The minimum absolute atomic E-state index is 0.0320. The number of ether oxygens (including phenoxy) is 6. The third kappa shape index (κ3) is 8.19. The highest BCUT2D eigenvalue weighted by Crippen LogP contribution is 2.51. The first-order chi connectivity index (χ1) is 19.3. The maximum absolute atomic E-state index is 11.5. The predicted molar refractivity (Wildman–Crippen MR) is 148 cm³/mol. The Morgan fingerprint density at radius 2 is 1.46 bits per heavy atom. The van der Waals surface area contributed by atoms with Crippen molar-refractivity contribution in [1.29, 1.82) is 0 Å². The smallest absolute Gasteiger partial charge is 0.333 e. The Morgan fingerprint density at radius 1 is 0.854 bits per heavy atom. The lowest BCUT2D eigenvalue weighted by Gasteiger charge is -2.26. The third-order valence-electron chi connectivity index (χ3n) is 7.29. The molecule has 5 fully saturated rings. The van der Waals surface area contributed by atoms with E-state index in [4.69, 9.17) is 28.4 Å². The Kier molecular flexibility index (Phi) is 10.7. The van der Waals surface area contributed by atoms with Crippen LogP contribution in [0.5, 0.6) is 0 Å². The lowest BCUT2D eigenvalue weighted by atomic mass is 9.79. The van der Waals surface area contributed by atoms with Gasteiger partial charge in [-0.25, -0.2) is 14.4 Å². The van der Waals surface area contributed by atoms with Crippen LogP contribution in [-0.2, 0) is 47.6 Å². The van der Waals surface area contributed by atoms with E-state index >= 15 is 0 Å². The van der Waals surface area contributed by atoms with Crippen molar-refractivity contribution in [3.05, 3.63) is 61.1 Å². The first-order valence-corrected chi connectivity index (χ1v) is 13.7. The fourth-order valence-corrected chi connectivity index (χ4v) is 5.11. The molecule has 1 saturated carbocycles. The second-order valence-corrected chi connectivity index (χ2v) is 11.0. The quantitative estimate of drug-likeness (QED) is 0.261. The molecule has 4 heterocycles. The van der Waals surface area contributed by atoms with Gasteiger partial charge in [0.25, 0.3) is 0 Å². The van der Waals surface area contributed by atoms with Crippen LogP contribution < -0.4 is 0 Å². The molecular weight excluding hydrogens is 532 g/mol. The van der Waals surface area contributed by atoms with Gasteiger partial charge >= 0.3 is 17.9 Å². The van der Waals surface area contributed by atoms with Gasteiger partial charge in [0, 0.05) is 41.9 Å². The van der Waals surface area contributed by atoms with Crippen molar-refractivity contribution in [2.45, 2.75) is 83.4 Å². The van der Waals surface area contributed by atoms with Crippen LogP contribution in [0.25, 0.3) is 0 Å². The topological polar surface area (TPSA) is 124 Å². The molecule has 2 bridgehead atoms. The van der Waals surface area contributed by atoms with E-state index in [-0.39, 0.29) is 48.1 Å². The van der Waals surface area contributed by atoms with Gasteiger partial charge in [0.1, 0.15) is 24.9 Å². The van der Waals surface area contributed by atoms with Crippen LogP contribution in [-0.4, -0.2) is 67.4 Å². The van der Waals surface area contributed by atoms with E-state index in [1.165, 1.54) is 0 Å². The predicted octanol–water partition coefficient (Wildman–Crippen LogP) is 4.06. The SMILES string of the molecule is C=C(C)C(=O)OC1CC2OC1C1C(=C)OCC21.C=C(C)C(=O)OC1CCCC1=O.C=C1CC(OC(=O)C(=C)C)CO1. The van der Waals surface area contributed by atoms with Gasteiger partial charge in [-0.3, -0.25) is 4.79 Å². The molecule has 41 heavy (non-hydrogen) atoms. The Morgan fingerprint density at radius 3 is 2.00 bits per heavy atom. The van der Waals surface area contributed by atoms with Crippen molar-refractivity contribution in [1.82, 2.24) is 0 Å². The van der Waals surface area contributed by atoms with Crippen molar-refractivity contribution in [3.63, 3.8) is 0 Å². The van der Waals surface area contributed by atoms with Gasteiger partial charge in [0.05, 0.1) is 30.1 Å². The number of ketones is 1. The van der Waals surface area contributed by atoms with Gasteiger partial charge < -0.3 is 28.4 Å². The molecule has 10 nitrogen and oxygen atoms in total. The maximum Gasteiger partial charge on any atom is 0.333 e. The third-order valence-corrected chi connectivity index (χ3v) is 7.29. The minimum Gasteiger partial charge on any atom is -0.498 e. The normalized spacial score (nSPS) is 30.4. The summed E-state index contributed by atoms with van der Waals surface area (Å²) in [6.45, 7) is 24.0. The second-order valence-electron chi connectivity index (χ2n) is 11.0. The van der Waals surface area contributed by atoms with Crippen LogP contribution in [0.4, 0.5) is 0 Å². The maximum atomic E-state index is 11.5. The standard InChI is InChI=1S/C13H16O4.2C9H12O3/c1-6(2)13(14)17-10-4-9-8-5-15-7(3)11(8)12(10)16-9;1-6(2)9(10)12-8-4-7(3)11-5-8;1-6(2)9(11)12-8-5-3-4-7(8)10/h8-12H,1,3-5H2,2H3;2*8H,1,3-5H2,2H3. The Bertz CT molecular complexity index is 1130. The number of esters is 3. The molecule has 224 valence electrons. The summed E-state index contributed by atoms with van der Waals surface area (Å²) in [7, 11) is 0. The molecule has 0 amide bonds. The number of hydrogen-bond donors (Lipinski definition) is 0. The van der Waals surface area contributed by atoms with E-state index in [1.807, 2.05) is 0 Å². The van der Waals surface area contributed by atoms with Crippen LogP contribution >= 0.6 is 0 Å². The summed E-state index contributed by atoms with van der Waals surface area (Å²) >= 11 is 0. The van der Waals surface area contributed by atoms with E-state index in [0.29, 0.717) is 60.9 Å². The van der Waals surface area contributed by atoms with Crippen LogP contribution in [0.3, 0.4) is 0 Å². The molecule has 4 aliphatic heterocycles. The molecule has 0 aromatic heterocycles. The molecule has 5 aliphatic rings. The fraction of sp³-hybridized carbons (Fsp3) is 0.548.